The van der Waals surface area contributed by atoms with Crippen LogP contribution in [0.15, 0.2) is 60.8 Å². The molecule has 68 heavy (non-hydrogen) atoms. The maximum atomic E-state index is 12.3. The van der Waals surface area contributed by atoms with Crippen LogP contribution in [0, 0.1) is 0 Å². The molecule has 1 atom stereocenters. The van der Waals surface area contributed by atoms with Crippen LogP contribution in [0.25, 0.3) is 0 Å². The monoisotopic (exact) mass is 951 g/mol. The molecule has 0 amide bonds. The van der Waals surface area contributed by atoms with Gasteiger partial charge >= 0.3 is 11.9 Å². The summed E-state index contributed by atoms with van der Waals surface area (Å²) in [5, 5.41) is 9.67. The van der Waals surface area contributed by atoms with Crippen molar-refractivity contribution in [2.75, 3.05) is 13.2 Å². The van der Waals surface area contributed by atoms with Crippen molar-refractivity contribution in [1.29, 1.82) is 0 Å². The maximum absolute atomic E-state index is 12.3. The number of hydrogen-bond acceptors (Lipinski definition) is 5. The molecule has 0 aliphatic rings. The third kappa shape index (κ3) is 56.2. The van der Waals surface area contributed by atoms with Gasteiger partial charge in [-0.05, 0) is 57.8 Å². The lowest BCUT2D eigenvalue weighted by Gasteiger charge is -2.15. The molecule has 0 aromatic heterocycles. The van der Waals surface area contributed by atoms with Gasteiger partial charge in [0.1, 0.15) is 6.61 Å². The van der Waals surface area contributed by atoms with Gasteiger partial charge < -0.3 is 14.6 Å². The van der Waals surface area contributed by atoms with E-state index in [-0.39, 0.29) is 25.2 Å². The summed E-state index contributed by atoms with van der Waals surface area (Å²) < 4.78 is 10.7. The summed E-state index contributed by atoms with van der Waals surface area (Å²) in [4.78, 5) is 24.6. The highest BCUT2D eigenvalue weighted by atomic mass is 16.6. The molecule has 0 aliphatic carbocycles. The number of aliphatic hydroxyl groups excluding tert-OH is 1. The Balaban J connectivity index is 3.45. The van der Waals surface area contributed by atoms with Crippen LogP contribution in [-0.2, 0) is 19.1 Å². The minimum Gasteiger partial charge on any atom is -0.462 e. The second kappa shape index (κ2) is 58.9. The van der Waals surface area contributed by atoms with Crippen LogP contribution in [0.3, 0.4) is 0 Å². The fraction of sp³-hybridized carbons (Fsp3) is 0.810. The number of aliphatic hydroxyl groups is 1. The van der Waals surface area contributed by atoms with Crippen molar-refractivity contribution < 1.29 is 24.2 Å². The predicted octanol–water partition coefficient (Wildman–Crippen LogP) is 20.2. The van der Waals surface area contributed by atoms with Crippen molar-refractivity contribution in [3.63, 3.8) is 0 Å². The lowest BCUT2D eigenvalue weighted by molar-refractivity contribution is -0.161. The van der Waals surface area contributed by atoms with E-state index in [0.717, 1.165) is 70.6 Å². The van der Waals surface area contributed by atoms with Gasteiger partial charge in [0.2, 0.25) is 0 Å². The molecule has 0 aliphatic heterocycles. The SMILES string of the molecule is CC/C=C\C/C=C\C/C=C\C/C=C\C/C=C\CCCCCCCCCCCCCC(=O)OC(CO)COC(=O)CCCCCCCCCCCCCCCCCCCCCCCCCCCCC. The molecule has 0 heterocycles. The van der Waals surface area contributed by atoms with Gasteiger partial charge in [-0.25, -0.2) is 0 Å². The predicted molar refractivity (Wildman–Crippen MR) is 297 cm³/mol. The zero-order valence-corrected chi connectivity index (χ0v) is 45.4. The third-order valence-corrected chi connectivity index (χ3v) is 13.3. The molecule has 0 radical (unpaired) electrons. The molecular formula is C63H114O5. The zero-order chi connectivity index (χ0) is 49.2. The van der Waals surface area contributed by atoms with Gasteiger partial charge in [-0.1, -0.05) is 299 Å². The summed E-state index contributed by atoms with van der Waals surface area (Å²) in [6.07, 6.45) is 79.2. The van der Waals surface area contributed by atoms with Crippen molar-refractivity contribution in [3.05, 3.63) is 60.8 Å². The van der Waals surface area contributed by atoms with E-state index in [0.29, 0.717) is 12.8 Å². The van der Waals surface area contributed by atoms with Crippen LogP contribution in [0.4, 0.5) is 0 Å². The zero-order valence-electron chi connectivity index (χ0n) is 45.4. The van der Waals surface area contributed by atoms with Crippen LogP contribution in [0.1, 0.15) is 309 Å². The van der Waals surface area contributed by atoms with E-state index in [2.05, 4.69) is 74.6 Å². The minimum absolute atomic E-state index is 0.0646. The van der Waals surface area contributed by atoms with Crippen molar-refractivity contribution in [3.8, 4) is 0 Å². The average Bonchev–Trinajstić information content (AvgIpc) is 3.34. The Morgan fingerprint density at radius 3 is 0.956 bits per heavy atom. The van der Waals surface area contributed by atoms with E-state index in [1.54, 1.807) is 0 Å². The molecule has 0 rings (SSSR count). The number of allylic oxidation sites excluding steroid dienone is 10. The van der Waals surface area contributed by atoms with Crippen molar-refractivity contribution >= 4 is 11.9 Å². The number of unbranched alkanes of at least 4 members (excludes halogenated alkanes) is 37. The smallest absolute Gasteiger partial charge is 0.306 e. The molecule has 0 fully saturated rings. The largest absolute Gasteiger partial charge is 0.462 e. The first-order chi connectivity index (χ1) is 33.6. The Morgan fingerprint density at radius 2 is 0.632 bits per heavy atom. The fourth-order valence-corrected chi connectivity index (χ4v) is 8.88. The molecule has 0 aromatic rings. The number of rotatable bonds is 55. The van der Waals surface area contributed by atoms with Crippen molar-refractivity contribution in [2.24, 2.45) is 0 Å². The molecule has 1 unspecified atom stereocenters. The van der Waals surface area contributed by atoms with E-state index < -0.39 is 6.10 Å². The molecule has 5 nitrogen and oxygen atoms in total. The summed E-state index contributed by atoms with van der Waals surface area (Å²) in [5.74, 6) is -0.580. The highest BCUT2D eigenvalue weighted by Gasteiger charge is 2.16. The summed E-state index contributed by atoms with van der Waals surface area (Å²) in [7, 11) is 0. The standard InChI is InChI=1S/C63H114O5/c1-3-5-7-9-11-13-15-17-19-21-23-25-27-29-31-33-35-37-39-41-43-45-47-49-51-53-55-57-62(65)67-60-61(59-64)68-63(66)58-56-54-52-50-48-46-44-42-40-38-36-34-32-30-28-26-24-22-20-18-16-14-12-10-8-6-4-2/h6,8,12,14,18,20,24,26,30,32,61,64H,3-5,7,9-11,13,15-17,19,21-23,25,27-29,31,33-60H2,1-2H3/b8-6-,14-12-,20-18-,26-24-,32-30-. The van der Waals surface area contributed by atoms with Gasteiger partial charge in [-0.3, -0.25) is 9.59 Å². The van der Waals surface area contributed by atoms with Crippen LogP contribution in [0.2, 0.25) is 0 Å². The van der Waals surface area contributed by atoms with Crippen LogP contribution < -0.4 is 0 Å². The quantitative estimate of drug-likeness (QED) is 0.0374. The normalized spacial score (nSPS) is 12.6. The molecule has 1 N–H and O–H groups in total. The fourth-order valence-electron chi connectivity index (χ4n) is 8.88. The second-order valence-corrected chi connectivity index (χ2v) is 20.1. The molecule has 0 saturated carbocycles. The Kier molecular flexibility index (Phi) is 56.8. The summed E-state index contributed by atoms with van der Waals surface area (Å²) in [6.45, 7) is 4.07. The van der Waals surface area contributed by atoms with Gasteiger partial charge in [0.25, 0.3) is 0 Å². The number of hydrogen-bond donors (Lipinski definition) is 1. The average molecular weight is 952 g/mol. The molecule has 0 bridgehead atoms. The van der Waals surface area contributed by atoms with Gasteiger partial charge in [0.15, 0.2) is 6.10 Å². The number of carbonyl (C=O) groups excluding carboxylic acids is 2. The van der Waals surface area contributed by atoms with Crippen LogP contribution in [0.5, 0.6) is 0 Å². The van der Waals surface area contributed by atoms with Crippen LogP contribution >= 0.6 is 0 Å². The van der Waals surface area contributed by atoms with Gasteiger partial charge in [-0.15, -0.1) is 0 Å². The number of esters is 2. The van der Waals surface area contributed by atoms with Gasteiger partial charge in [0.05, 0.1) is 6.61 Å². The third-order valence-electron chi connectivity index (χ3n) is 13.3. The van der Waals surface area contributed by atoms with E-state index in [1.165, 1.54) is 212 Å². The summed E-state index contributed by atoms with van der Waals surface area (Å²) >= 11 is 0. The Hall–Kier alpha value is -2.40. The van der Waals surface area contributed by atoms with Crippen molar-refractivity contribution in [2.45, 2.75) is 315 Å². The van der Waals surface area contributed by atoms with E-state index in [4.69, 9.17) is 9.47 Å². The first kappa shape index (κ1) is 65.6. The summed E-state index contributed by atoms with van der Waals surface area (Å²) in [5.41, 5.74) is 0. The second-order valence-electron chi connectivity index (χ2n) is 20.1. The molecule has 0 spiro atoms. The Bertz CT molecular complexity index is 1170. The summed E-state index contributed by atoms with van der Waals surface area (Å²) in [6, 6.07) is 0. The lowest BCUT2D eigenvalue weighted by Crippen LogP contribution is -2.28. The van der Waals surface area contributed by atoms with E-state index >= 15 is 0 Å². The molecular weight excluding hydrogens is 837 g/mol. The first-order valence-corrected chi connectivity index (χ1v) is 29.8. The van der Waals surface area contributed by atoms with Crippen LogP contribution in [-0.4, -0.2) is 36.4 Å². The molecule has 0 saturated heterocycles. The molecule has 396 valence electrons. The maximum Gasteiger partial charge on any atom is 0.306 e. The Morgan fingerprint density at radius 1 is 0.353 bits per heavy atom. The molecule has 5 heteroatoms. The first-order valence-electron chi connectivity index (χ1n) is 29.8. The minimum atomic E-state index is -0.775. The van der Waals surface area contributed by atoms with Crippen molar-refractivity contribution in [1.82, 2.24) is 0 Å². The number of ether oxygens (including phenoxy) is 2. The number of carbonyl (C=O) groups is 2. The van der Waals surface area contributed by atoms with E-state index in [9.17, 15) is 14.7 Å². The van der Waals surface area contributed by atoms with E-state index in [1.807, 2.05) is 0 Å². The highest BCUT2D eigenvalue weighted by Crippen LogP contribution is 2.18. The lowest BCUT2D eigenvalue weighted by atomic mass is 10.0. The molecule has 0 aromatic carbocycles. The van der Waals surface area contributed by atoms with Gasteiger partial charge in [0, 0.05) is 12.8 Å². The highest BCUT2D eigenvalue weighted by molar-refractivity contribution is 5.70. The van der Waals surface area contributed by atoms with Gasteiger partial charge in [-0.2, -0.15) is 0 Å². The Labute approximate surface area is 423 Å². The topological polar surface area (TPSA) is 72.8 Å².